The summed E-state index contributed by atoms with van der Waals surface area (Å²) in [4.78, 5) is 2.38. The average Bonchev–Trinajstić information content (AvgIpc) is 3.31. The van der Waals surface area contributed by atoms with Gasteiger partial charge in [0.1, 0.15) is 17.2 Å². The molecule has 2 aromatic heterocycles. The fourth-order valence-corrected chi connectivity index (χ4v) is 3.88. The van der Waals surface area contributed by atoms with Crippen LogP contribution in [0.15, 0.2) is 41.1 Å². The zero-order valence-corrected chi connectivity index (χ0v) is 17.3. The molecule has 0 saturated carbocycles. The molecule has 154 valence electrons. The third kappa shape index (κ3) is 4.36. The Kier molecular flexibility index (Phi) is 5.43. The van der Waals surface area contributed by atoms with Gasteiger partial charge in [-0.25, -0.2) is 0 Å². The number of benzene rings is 1. The summed E-state index contributed by atoms with van der Waals surface area (Å²) in [6.45, 7) is 4.66. The molecule has 0 bridgehead atoms. The zero-order chi connectivity index (χ0) is 20.4. The summed E-state index contributed by atoms with van der Waals surface area (Å²) in [6, 6.07) is 9.63. The van der Waals surface area contributed by atoms with Crippen LogP contribution in [-0.2, 0) is 20.0 Å². The lowest BCUT2D eigenvalue weighted by Crippen LogP contribution is -2.45. The Bertz CT molecular complexity index is 970. The number of rotatable bonds is 6. The van der Waals surface area contributed by atoms with E-state index >= 15 is 0 Å². The molecule has 0 radical (unpaired) electrons. The molecule has 0 atom stereocenters. The van der Waals surface area contributed by atoms with E-state index in [-0.39, 0.29) is 0 Å². The molecule has 0 spiro atoms. The van der Waals surface area contributed by atoms with E-state index in [2.05, 4.69) is 22.1 Å². The Labute approximate surface area is 170 Å². The Hall–Kier alpha value is -2.64. The minimum Gasteiger partial charge on any atom is -0.497 e. The second-order valence-corrected chi connectivity index (χ2v) is 7.97. The predicted molar refractivity (Wildman–Crippen MR) is 110 cm³/mol. The average molecular weight is 396 g/mol. The van der Waals surface area contributed by atoms with Crippen LogP contribution in [0.3, 0.4) is 0 Å². The van der Waals surface area contributed by atoms with Crippen molar-refractivity contribution in [2.75, 3.05) is 20.2 Å². The van der Waals surface area contributed by atoms with Crippen LogP contribution in [0.4, 0.5) is 0 Å². The summed E-state index contributed by atoms with van der Waals surface area (Å²) in [5.74, 6) is 1.49. The maximum atomic E-state index is 11.1. The second-order valence-electron chi connectivity index (χ2n) is 7.97. The van der Waals surface area contributed by atoms with Crippen LogP contribution < -0.4 is 4.74 Å². The molecule has 1 fully saturated rings. The van der Waals surface area contributed by atoms with Gasteiger partial charge in [0.25, 0.3) is 0 Å². The molecule has 7 nitrogen and oxygen atoms in total. The molecule has 1 N–H and O–H groups in total. The van der Waals surface area contributed by atoms with Gasteiger partial charge in [-0.15, -0.1) is 0 Å². The van der Waals surface area contributed by atoms with Crippen LogP contribution in [0.25, 0.3) is 11.3 Å². The van der Waals surface area contributed by atoms with Gasteiger partial charge in [-0.3, -0.25) is 9.58 Å². The maximum absolute atomic E-state index is 11.1. The Balaban J connectivity index is 1.36. The van der Waals surface area contributed by atoms with E-state index in [1.54, 1.807) is 7.11 Å². The lowest BCUT2D eigenvalue weighted by molar-refractivity contribution is -0.0265. The third-order valence-electron chi connectivity index (χ3n) is 5.95. The van der Waals surface area contributed by atoms with E-state index in [1.165, 1.54) is 11.3 Å². The first kappa shape index (κ1) is 19.7. The fraction of sp³-hybridized carbons (Fsp3) is 0.455. The molecule has 29 heavy (non-hydrogen) atoms. The topological polar surface area (TPSA) is 76.6 Å². The first-order chi connectivity index (χ1) is 14.0. The first-order valence-corrected chi connectivity index (χ1v) is 9.98. The summed E-state index contributed by atoms with van der Waals surface area (Å²) in [5, 5.41) is 19.6. The van der Waals surface area contributed by atoms with Gasteiger partial charge in [-0.05, 0) is 31.9 Å². The van der Waals surface area contributed by atoms with Gasteiger partial charge in [0.15, 0.2) is 0 Å². The van der Waals surface area contributed by atoms with Crippen LogP contribution in [0.5, 0.6) is 5.75 Å². The van der Waals surface area contributed by atoms with Gasteiger partial charge in [0.2, 0.25) is 0 Å². The van der Waals surface area contributed by atoms with E-state index in [1.807, 2.05) is 48.3 Å². The van der Waals surface area contributed by atoms with E-state index in [9.17, 15) is 5.11 Å². The Morgan fingerprint density at radius 1 is 1.24 bits per heavy atom. The quantitative estimate of drug-likeness (QED) is 0.690. The number of ether oxygens (including phenoxy) is 1. The predicted octanol–water partition coefficient (Wildman–Crippen LogP) is 2.96. The maximum Gasteiger partial charge on any atom is 0.140 e. The van der Waals surface area contributed by atoms with Crippen molar-refractivity contribution in [3.63, 3.8) is 0 Å². The van der Waals surface area contributed by atoms with Crippen molar-refractivity contribution in [2.45, 2.75) is 38.3 Å². The van der Waals surface area contributed by atoms with Crippen molar-refractivity contribution in [2.24, 2.45) is 7.05 Å². The number of aliphatic hydroxyl groups is 1. The molecule has 1 aliphatic rings. The first-order valence-electron chi connectivity index (χ1n) is 9.98. The van der Waals surface area contributed by atoms with Crippen LogP contribution in [0.1, 0.15) is 29.9 Å². The molecule has 3 aromatic rings. The van der Waals surface area contributed by atoms with Crippen molar-refractivity contribution in [3.05, 3.63) is 53.5 Å². The highest BCUT2D eigenvalue weighted by Crippen LogP contribution is 2.30. The lowest BCUT2D eigenvalue weighted by Gasteiger charge is -2.37. The van der Waals surface area contributed by atoms with E-state index in [0.717, 1.165) is 36.6 Å². The fourth-order valence-electron chi connectivity index (χ4n) is 3.88. The minimum absolute atomic E-state index is 0.476. The van der Waals surface area contributed by atoms with Gasteiger partial charge >= 0.3 is 0 Å². The van der Waals surface area contributed by atoms with Crippen LogP contribution in [0.2, 0.25) is 0 Å². The standard InChI is InChI=1S/C22H28N4O3/c1-16-18(14-23-25(16)2)15-26-9-7-22(27,8-10-26)13-20-12-21(24-29-20)17-5-4-6-19(11-17)28-3/h4-6,11-12,14,27H,7-10,13,15H2,1-3H3. The van der Waals surface area contributed by atoms with Crippen molar-refractivity contribution in [1.82, 2.24) is 19.8 Å². The molecular formula is C22H28N4O3. The molecule has 1 saturated heterocycles. The number of methoxy groups -OCH3 is 1. The van der Waals surface area contributed by atoms with E-state index in [0.29, 0.717) is 25.0 Å². The molecule has 4 rings (SSSR count). The minimum atomic E-state index is -0.758. The molecular weight excluding hydrogens is 368 g/mol. The summed E-state index contributed by atoms with van der Waals surface area (Å²) in [7, 11) is 3.61. The summed E-state index contributed by atoms with van der Waals surface area (Å²) < 4.78 is 12.7. The lowest BCUT2D eigenvalue weighted by atomic mass is 9.87. The normalized spacial score (nSPS) is 16.8. The molecule has 0 unspecified atom stereocenters. The van der Waals surface area contributed by atoms with Gasteiger partial charge in [0, 0.05) is 56.0 Å². The largest absolute Gasteiger partial charge is 0.497 e. The second kappa shape index (κ2) is 8.00. The van der Waals surface area contributed by atoms with E-state index < -0.39 is 5.60 Å². The molecule has 0 aliphatic carbocycles. The van der Waals surface area contributed by atoms with Gasteiger partial charge in [-0.2, -0.15) is 5.10 Å². The number of hydrogen-bond acceptors (Lipinski definition) is 6. The van der Waals surface area contributed by atoms with Crippen molar-refractivity contribution in [3.8, 4) is 17.0 Å². The summed E-state index contributed by atoms with van der Waals surface area (Å²) >= 11 is 0. The highest BCUT2D eigenvalue weighted by molar-refractivity contribution is 5.60. The molecule has 1 aliphatic heterocycles. The Morgan fingerprint density at radius 3 is 2.72 bits per heavy atom. The monoisotopic (exact) mass is 396 g/mol. The Morgan fingerprint density at radius 2 is 2.03 bits per heavy atom. The van der Waals surface area contributed by atoms with E-state index in [4.69, 9.17) is 9.26 Å². The smallest absolute Gasteiger partial charge is 0.140 e. The van der Waals surface area contributed by atoms with Crippen LogP contribution in [-0.4, -0.2) is 50.7 Å². The van der Waals surface area contributed by atoms with Crippen LogP contribution >= 0.6 is 0 Å². The van der Waals surface area contributed by atoms with Crippen molar-refractivity contribution in [1.29, 1.82) is 0 Å². The SMILES string of the molecule is COc1cccc(-c2cc(CC3(O)CCN(Cc4cnn(C)c4C)CC3)on2)c1. The zero-order valence-electron chi connectivity index (χ0n) is 17.3. The van der Waals surface area contributed by atoms with Crippen molar-refractivity contribution < 1.29 is 14.4 Å². The van der Waals surface area contributed by atoms with Gasteiger partial charge in [0.05, 0.1) is 18.9 Å². The number of nitrogens with zero attached hydrogens (tertiary/aromatic N) is 4. The van der Waals surface area contributed by atoms with Crippen molar-refractivity contribution >= 4 is 0 Å². The highest BCUT2D eigenvalue weighted by Gasteiger charge is 2.34. The third-order valence-corrected chi connectivity index (χ3v) is 5.95. The van der Waals surface area contributed by atoms with Crippen LogP contribution in [0, 0.1) is 6.92 Å². The number of aryl methyl sites for hydroxylation is 1. The van der Waals surface area contributed by atoms with Gasteiger partial charge < -0.3 is 14.4 Å². The van der Waals surface area contributed by atoms with Gasteiger partial charge in [-0.1, -0.05) is 17.3 Å². The number of hydrogen-bond donors (Lipinski definition) is 1. The molecule has 1 aromatic carbocycles. The summed E-state index contributed by atoms with van der Waals surface area (Å²) in [6.07, 6.45) is 3.83. The molecule has 7 heteroatoms. The summed E-state index contributed by atoms with van der Waals surface area (Å²) in [5.41, 5.74) is 3.37. The number of likely N-dealkylation sites (tertiary alicyclic amines) is 1. The molecule has 3 heterocycles. The number of piperidine rings is 1. The number of aromatic nitrogens is 3. The molecule has 0 amide bonds. The highest BCUT2D eigenvalue weighted by atomic mass is 16.5.